The normalized spacial score (nSPS) is 12.0. The second kappa shape index (κ2) is 5.09. The Morgan fingerprint density at radius 3 is 2.48 bits per heavy atom. The van der Waals surface area contributed by atoms with Crippen LogP contribution in [0.15, 0.2) is 47.3 Å². The maximum absolute atomic E-state index is 12.3. The van der Waals surface area contributed by atoms with E-state index in [-0.39, 0.29) is 5.69 Å². The summed E-state index contributed by atoms with van der Waals surface area (Å²) >= 11 is 0. The third kappa shape index (κ3) is 2.42. The van der Waals surface area contributed by atoms with Gasteiger partial charge in [0.15, 0.2) is 0 Å². The van der Waals surface area contributed by atoms with Crippen molar-refractivity contribution in [1.82, 2.24) is 9.55 Å². The molecule has 0 saturated heterocycles. The van der Waals surface area contributed by atoms with Crippen LogP contribution in [0.2, 0.25) is 0 Å². The first-order valence-corrected chi connectivity index (χ1v) is 7.02. The summed E-state index contributed by atoms with van der Waals surface area (Å²) in [6.45, 7) is 6.07. The minimum atomic E-state index is -0.0975. The molecule has 1 N–H and O–H groups in total. The van der Waals surface area contributed by atoms with E-state index < -0.39 is 0 Å². The number of benzene rings is 2. The molecule has 0 atom stereocenters. The molecule has 106 valence electrons. The van der Waals surface area contributed by atoms with Crippen LogP contribution in [0.1, 0.15) is 23.6 Å². The number of nitrogens with zero attached hydrogens (tertiary/aromatic N) is 1. The van der Waals surface area contributed by atoms with Crippen LogP contribution in [0.4, 0.5) is 0 Å². The van der Waals surface area contributed by atoms with Gasteiger partial charge in [-0.15, -0.1) is 0 Å². The Morgan fingerprint density at radius 1 is 1.10 bits per heavy atom. The summed E-state index contributed by atoms with van der Waals surface area (Å²) in [4.78, 5) is 15.2. The highest BCUT2D eigenvalue weighted by atomic mass is 16.1. The van der Waals surface area contributed by atoms with Crippen molar-refractivity contribution in [1.29, 1.82) is 0 Å². The fraction of sp³-hybridized carbons (Fsp3) is 0.167. The number of fused-ring (bicyclic) bond motifs is 1. The number of aromatic nitrogens is 2. The summed E-state index contributed by atoms with van der Waals surface area (Å²) in [6, 6.07) is 14.1. The van der Waals surface area contributed by atoms with E-state index in [1.165, 1.54) is 11.1 Å². The van der Waals surface area contributed by atoms with E-state index in [2.05, 4.69) is 24.9 Å². The number of aryl methyl sites for hydroxylation is 2. The zero-order valence-electron chi connectivity index (χ0n) is 12.5. The zero-order chi connectivity index (χ0) is 15.0. The predicted molar refractivity (Wildman–Crippen MR) is 88.3 cm³/mol. The van der Waals surface area contributed by atoms with Crippen LogP contribution >= 0.6 is 0 Å². The molecule has 21 heavy (non-hydrogen) atoms. The Morgan fingerprint density at radius 2 is 1.76 bits per heavy atom. The number of aromatic amines is 1. The van der Waals surface area contributed by atoms with E-state index in [4.69, 9.17) is 0 Å². The largest absolute Gasteiger partial charge is 0.330 e. The molecule has 3 rings (SSSR count). The highest BCUT2D eigenvalue weighted by molar-refractivity contribution is 5.83. The first-order valence-electron chi connectivity index (χ1n) is 7.02. The van der Waals surface area contributed by atoms with Gasteiger partial charge in [0, 0.05) is 5.70 Å². The zero-order valence-corrected chi connectivity index (χ0v) is 12.5. The molecule has 3 heteroatoms. The highest BCUT2D eigenvalue weighted by Crippen LogP contribution is 2.20. The first kappa shape index (κ1) is 13.4. The SMILES string of the molecule is CC(=Cc1ccccc1)n1c(=O)[nH]c2cc(C)c(C)cc21. The topological polar surface area (TPSA) is 37.8 Å². The summed E-state index contributed by atoms with van der Waals surface area (Å²) in [5, 5.41) is 0. The fourth-order valence-corrected chi connectivity index (χ4v) is 2.57. The summed E-state index contributed by atoms with van der Waals surface area (Å²) in [7, 11) is 0. The van der Waals surface area contributed by atoms with Crippen molar-refractivity contribution >= 4 is 22.8 Å². The summed E-state index contributed by atoms with van der Waals surface area (Å²) in [5.41, 5.74) is 6.06. The minimum absolute atomic E-state index is 0.0975. The highest BCUT2D eigenvalue weighted by Gasteiger charge is 2.09. The Kier molecular flexibility index (Phi) is 3.26. The van der Waals surface area contributed by atoms with Crippen LogP contribution in [0.25, 0.3) is 22.8 Å². The molecule has 3 nitrogen and oxygen atoms in total. The average molecular weight is 278 g/mol. The molecule has 1 aromatic heterocycles. The van der Waals surface area contributed by atoms with E-state index in [1.807, 2.05) is 49.4 Å². The second-order valence-corrected chi connectivity index (χ2v) is 5.42. The molecule has 0 fully saturated rings. The lowest BCUT2D eigenvalue weighted by molar-refractivity contribution is 1.04. The van der Waals surface area contributed by atoms with Gasteiger partial charge in [0.25, 0.3) is 0 Å². The Bertz CT molecular complexity index is 883. The Labute approximate surface area is 123 Å². The van der Waals surface area contributed by atoms with Crippen LogP contribution in [0, 0.1) is 13.8 Å². The van der Waals surface area contributed by atoms with Gasteiger partial charge < -0.3 is 4.98 Å². The van der Waals surface area contributed by atoms with Crippen LogP contribution < -0.4 is 5.69 Å². The quantitative estimate of drug-likeness (QED) is 0.757. The molecular formula is C18H18N2O. The molecule has 3 aromatic rings. The van der Waals surface area contributed by atoms with Gasteiger partial charge in [-0.3, -0.25) is 4.57 Å². The third-order valence-corrected chi connectivity index (χ3v) is 3.83. The minimum Gasteiger partial charge on any atom is -0.305 e. The van der Waals surface area contributed by atoms with E-state index in [0.717, 1.165) is 22.3 Å². The van der Waals surface area contributed by atoms with Gasteiger partial charge in [-0.05, 0) is 55.7 Å². The van der Waals surface area contributed by atoms with Crippen molar-refractivity contribution in [3.8, 4) is 0 Å². The number of imidazole rings is 1. The van der Waals surface area contributed by atoms with Gasteiger partial charge in [0.1, 0.15) is 0 Å². The van der Waals surface area contributed by atoms with E-state index in [0.29, 0.717) is 0 Å². The molecule has 0 saturated carbocycles. The molecule has 2 aromatic carbocycles. The van der Waals surface area contributed by atoms with Gasteiger partial charge in [-0.2, -0.15) is 0 Å². The number of nitrogens with one attached hydrogen (secondary N) is 1. The van der Waals surface area contributed by atoms with Crippen molar-refractivity contribution in [2.24, 2.45) is 0 Å². The maximum Gasteiger partial charge on any atom is 0.330 e. The third-order valence-electron chi connectivity index (χ3n) is 3.83. The van der Waals surface area contributed by atoms with Gasteiger partial charge >= 0.3 is 5.69 Å². The molecule has 1 heterocycles. The van der Waals surface area contributed by atoms with Gasteiger partial charge in [0.05, 0.1) is 11.0 Å². The van der Waals surface area contributed by atoms with Crippen molar-refractivity contribution in [3.63, 3.8) is 0 Å². The lowest BCUT2D eigenvalue weighted by Crippen LogP contribution is -2.14. The Balaban J connectivity index is 2.20. The molecule has 0 amide bonds. The van der Waals surface area contributed by atoms with Crippen LogP contribution in [0.5, 0.6) is 0 Å². The molecular weight excluding hydrogens is 260 g/mol. The maximum atomic E-state index is 12.3. The van der Waals surface area contributed by atoms with E-state index in [9.17, 15) is 4.79 Å². The van der Waals surface area contributed by atoms with Crippen LogP contribution in [-0.4, -0.2) is 9.55 Å². The van der Waals surface area contributed by atoms with Gasteiger partial charge in [0.2, 0.25) is 0 Å². The smallest absolute Gasteiger partial charge is 0.305 e. The molecule has 0 aliphatic heterocycles. The molecule has 0 radical (unpaired) electrons. The lowest BCUT2D eigenvalue weighted by atomic mass is 10.1. The monoisotopic (exact) mass is 278 g/mol. The summed E-state index contributed by atoms with van der Waals surface area (Å²) in [6.07, 6.45) is 2.02. The standard InChI is InChI=1S/C18H18N2O/c1-12-9-16-17(10-13(12)2)20(18(21)19-16)14(3)11-15-7-5-4-6-8-15/h4-11H,1-3H3,(H,19,21). The van der Waals surface area contributed by atoms with Crippen molar-refractivity contribution < 1.29 is 0 Å². The Hall–Kier alpha value is -2.55. The summed E-state index contributed by atoms with van der Waals surface area (Å²) in [5.74, 6) is 0. The van der Waals surface area contributed by atoms with Gasteiger partial charge in [-0.1, -0.05) is 30.3 Å². The van der Waals surface area contributed by atoms with Crippen LogP contribution in [0.3, 0.4) is 0 Å². The van der Waals surface area contributed by atoms with Crippen molar-refractivity contribution in [3.05, 3.63) is 69.6 Å². The second-order valence-electron chi connectivity index (χ2n) is 5.42. The van der Waals surface area contributed by atoms with Crippen molar-refractivity contribution in [2.45, 2.75) is 20.8 Å². The number of hydrogen-bond donors (Lipinski definition) is 1. The van der Waals surface area contributed by atoms with Gasteiger partial charge in [-0.25, -0.2) is 4.79 Å². The first-order chi connectivity index (χ1) is 10.1. The number of H-pyrrole nitrogens is 1. The molecule has 0 aliphatic carbocycles. The summed E-state index contributed by atoms with van der Waals surface area (Å²) < 4.78 is 1.73. The van der Waals surface area contributed by atoms with E-state index >= 15 is 0 Å². The van der Waals surface area contributed by atoms with E-state index in [1.54, 1.807) is 4.57 Å². The molecule has 0 spiro atoms. The molecule has 0 unspecified atom stereocenters. The van der Waals surface area contributed by atoms with Crippen molar-refractivity contribution in [2.75, 3.05) is 0 Å². The lowest BCUT2D eigenvalue weighted by Gasteiger charge is -2.06. The average Bonchev–Trinajstić information content (AvgIpc) is 2.75. The number of allylic oxidation sites excluding steroid dienone is 1. The number of rotatable bonds is 2. The molecule has 0 bridgehead atoms. The fourth-order valence-electron chi connectivity index (χ4n) is 2.57. The number of hydrogen-bond acceptors (Lipinski definition) is 1. The predicted octanol–water partition coefficient (Wildman–Crippen LogP) is 3.96. The van der Waals surface area contributed by atoms with Crippen LogP contribution in [-0.2, 0) is 0 Å². The molecule has 0 aliphatic rings.